The third-order valence-electron chi connectivity index (χ3n) is 4.61. The molecule has 1 N–H and O–H groups in total. The molecule has 32 heavy (non-hydrogen) atoms. The molecule has 0 fully saturated rings. The summed E-state index contributed by atoms with van der Waals surface area (Å²) in [5, 5.41) is 10.3. The topological polar surface area (TPSA) is 130 Å². The predicted molar refractivity (Wildman–Crippen MR) is 116 cm³/mol. The van der Waals surface area contributed by atoms with Gasteiger partial charge in [-0.25, -0.2) is 8.42 Å². The lowest BCUT2D eigenvalue weighted by Gasteiger charge is -2.12. The normalized spacial score (nSPS) is 11.1. The van der Waals surface area contributed by atoms with Gasteiger partial charge in [-0.2, -0.15) is 0 Å². The van der Waals surface area contributed by atoms with Crippen molar-refractivity contribution in [2.45, 2.75) is 18.2 Å². The average Bonchev–Trinajstić information content (AvgIpc) is 3.26. The number of nitrogens with one attached hydrogen (secondary N) is 1. The van der Waals surface area contributed by atoms with Crippen LogP contribution >= 0.6 is 0 Å². The third kappa shape index (κ3) is 4.99. The molecule has 0 aliphatic carbocycles. The summed E-state index contributed by atoms with van der Waals surface area (Å²) in [4.78, 5) is 12.6. The van der Waals surface area contributed by atoms with E-state index in [-0.39, 0.29) is 29.0 Å². The van der Waals surface area contributed by atoms with Crippen molar-refractivity contribution in [1.82, 2.24) is 10.2 Å². The SMILES string of the molecule is CCS(=O)(=O)c1ccc(CC(=O)Nc2nnc(-c3cc(OC)c(OC)c(OC)c3)o2)cc1. The van der Waals surface area contributed by atoms with Crippen molar-refractivity contribution in [3.05, 3.63) is 42.0 Å². The minimum atomic E-state index is -3.29. The fourth-order valence-electron chi connectivity index (χ4n) is 2.93. The van der Waals surface area contributed by atoms with E-state index in [0.29, 0.717) is 28.4 Å². The van der Waals surface area contributed by atoms with Gasteiger partial charge in [-0.1, -0.05) is 24.2 Å². The molecule has 0 aliphatic heterocycles. The molecule has 10 nitrogen and oxygen atoms in total. The Labute approximate surface area is 185 Å². The van der Waals surface area contributed by atoms with Crippen LogP contribution in [0.3, 0.4) is 0 Å². The highest BCUT2D eigenvalue weighted by atomic mass is 32.2. The molecular weight excluding hydrogens is 438 g/mol. The van der Waals surface area contributed by atoms with Gasteiger partial charge in [0.05, 0.1) is 38.4 Å². The van der Waals surface area contributed by atoms with E-state index in [2.05, 4.69) is 15.5 Å². The van der Waals surface area contributed by atoms with Gasteiger partial charge in [-0.15, -0.1) is 5.10 Å². The van der Waals surface area contributed by atoms with Crippen LogP contribution in [0, 0.1) is 0 Å². The molecule has 3 aromatic rings. The van der Waals surface area contributed by atoms with Gasteiger partial charge in [0, 0.05) is 5.56 Å². The Hall–Kier alpha value is -3.60. The standard InChI is InChI=1S/C21H23N3O7S/c1-5-32(26,27)15-8-6-13(7-9-15)10-18(25)22-21-24-23-20(31-21)14-11-16(28-2)19(30-4)17(12-14)29-3/h6-9,11-12H,5,10H2,1-4H3,(H,22,24,25). The third-order valence-corrected chi connectivity index (χ3v) is 6.36. The summed E-state index contributed by atoms with van der Waals surface area (Å²) in [6.45, 7) is 1.58. The first kappa shape index (κ1) is 23.1. The molecule has 0 spiro atoms. The monoisotopic (exact) mass is 461 g/mol. The molecular formula is C21H23N3O7S. The molecule has 3 rings (SSSR count). The molecule has 1 amide bonds. The number of rotatable bonds is 9. The van der Waals surface area contributed by atoms with Crippen molar-refractivity contribution in [2.75, 3.05) is 32.4 Å². The fourth-order valence-corrected chi connectivity index (χ4v) is 3.81. The summed E-state index contributed by atoms with van der Waals surface area (Å²) >= 11 is 0. The van der Waals surface area contributed by atoms with Crippen LogP contribution < -0.4 is 19.5 Å². The van der Waals surface area contributed by atoms with Gasteiger partial charge >= 0.3 is 6.01 Å². The maximum absolute atomic E-state index is 12.3. The molecule has 1 aromatic heterocycles. The average molecular weight is 461 g/mol. The van der Waals surface area contributed by atoms with Crippen LogP contribution in [0.2, 0.25) is 0 Å². The zero-order valence-corrected chi connectivity index (χ0v) is 18.9. The Morgan fingerprint density at radius 3 is 2.16 bits per heavy atom. The maximum Gasteiger partial charge on any atom is 0.322 e. The summed E-state index contributed by atoms with van der Waals surface area (Å²) in [6, 6.07) is 9.37. The van der Waals surface area contributed by atoms with Gasteiger partial charge in [0.15, 0.2) is 21.3 Å². The number of nitrogens with zero attached hydrogens (tertiary/aromatic N) is 2. The van der Waals surface area contributed by atoms with E-state index in [1.54, 1.807) is 31.2 Å². The molecule has 1 heterocycles. The number of aromatic nitrogens is 2. The van der Waals surface area contributed by atoms with E-state index in [1.165, 1.54) is 33.5 Å². The number of anilines is 1. The zero-order valence-electron chi connectivity index (χ0n) is 18.0. The fraction of sp³-hybridized carbons (Fsp3) is 0.286. The lowest BCUT2D eigenvalue weighted by molar-refractivity contribution is -0.115. The summed E-state index contributed by atoms with van der Waals surface area (Å²) in [6.07, 6.45) is 0.00828. The number of sulfone groups is 1. The highest BCUT2D eigenvalue weighted by Gasteiger charge is 2.18. The second-order valence-electron chi connectivity index (χ2n) is 6.60. The zero-order chi connectivity index (χ0) is 23.3. The second kappa shape index (κ2) is 9.69. The Bertz CT molecular complexity index is 1180. The first-order valence-corrected chi connectivity index (χ1v) is 11.2. The van der Waals surface area contributed by atoms with Crippen molar-refractivity contribution in [3.8, 4) is 28.7 Å². The second-order valence-corrected chi connectivity index (χ2v) is 8.88. The van der Waals surface area contributed by atoms with Crippen molar-refractivity contribution in [3.63, 3.8) is 0 Å². The highest BCUT2D eigenvalue weighted by molar-refractivity contribution is 7.91. The number of carbonyl (C=O) groups excluding carboxylic acids is 1. The first-order chi connectivity index (χ1) is 15.3. The van der Waals surface area contributed by atoms with Crippen LogP contribution in [0.4, 0.5) is 6.01 Å². The van der Waals surface area contributed by atoms with Crippen molar-refractivity contribution in [1.29, 1.82) is 0 Å². The van der Waals surface area contributed by atoms with Crippen molar-refractivity contribution in [2.24, 2.45) is 0 Å². The van der Waals surface area contributed by atoms with Crippen LogP contribution in [0.25, 0.3) is 11.5 Å². The molecule has 0 saturated carbocycles. The summed E-state index contributed by atoms with van der Waals surface area (Å²) in [7, 11) is 1.19. The largest absolute Gasteiger partial charge is 0.493 e. The van der Waals surface area contributed by atoms with Gasteiger partial charge in [0.2, 0.25) is 17.5 Å². The number of ether oxygens (including phenoxy) is 3. The van der Waals surface area contributed by atoms with Gasteiger partial charge in [0.25, 0.3) is 0 Å². The Morgan fingerprint density at radius 2 is 1.62 bits per heavy atom. The summed E-state index contributed by atoms with van der Waals surface area (Å²) in [5.41, 5.74) is 1.15. The molecule has 170 valence electrons. The number of methoxy groups -OCH3 is 3. The van der Waals surface area contributed by atoms with E-state index >= 15 is 0 Å². The quantitative estimate of drug-likeness (QED) is 0.511. The van der Waals surface area contributed by atoms with E-state index in [9.17, 15) is 13.2 Å². The summed E-state index contributed by atoms with van der Waals surface area (Å²) < 4.78 is 45.2. The van der Waals surface area contributed by atoms with E-state index in [4.69, 9.17) is 18.6 Å². The number of hydrogen-bond acceptors (Lipinski definition) is 9. The van der Waals surface area contributed by atoms with E-state index in [0.717, 1.165) is 0 Å². The van der Waals surface area contributed by atoms with Gasteiger partial charge < -0.3 is 18.6 Å². The predicted octanol–water partition coefficient (Wildman–Crippen LogP) is 2.74. The van der Waals surface area contributed by atoms with Crippen LogP contribution in [0.5, 0.6) is 17.2 Å². The number of amides is 1. The molecule has 2 aromatic carbocycles. The van der Waals surface area contributed by atoms with Crippen molar-refractivity contribution >= 4 is 21.8 Å². The molecule has 0 atom stereocenters. The lowest BCUT2D eigenvalue weighted by atomic mass is 10.1. The Balaban J connectivity index is 1.72. The molecule has 11 heteroatoms. The highest BCUT2D eigenvalue weighted by Crippen LogP contribution is 2.41. The van der Waals surface area contributed by atoms with Crippen LogP contribution in [0.15, 0.2) is 45.7 Å². The van der Waals surface area contributed by atoms with Crippen LogP contribution in [-0.2, 0) is 21.1 Å². The smallest absolute Gasteiger partial charge is 0.322 e. The first-order valence-electron chi connectivity index (χ1n) is 9.56. The van der Waals surface area contributed by atoms with E-state index < -0.39 is 15.7 Å². The summed E-state index contributed by atoms with van der Waals surface area (Å²) in [5.74, 6) is 1.02. The lowest BCUT2D eigenvalue weighted by Crippen LogP contribution is -2.14. The molecule has 0 saturated heterocycles. The number of hydrogen-bond donors (Lipinski definition) is 1. The van der Waals surface area contributed by atoms with Gasteiger partial charge in [0.1, 0.15) is 0 Å². The Morgan fingerprint density at radius 1 is 1.00 bits per heavy atom. The molecule has 0 aliphatic rings. The molecule has 0 unspecified atom stereocenters. The minimum absolute atomic E-state index is 0.00828. The Kier molecular flexibility index (Phi) is 6.98. The number of benzene rings is 2. The maximum atomic E-state index is 12.3. The minimum Gasteiger partial charge on any atom is -0.493 e. The molecule has 0 radical (unpaired) electrons. The molecule has 0 bridgehead atoms. The van der Waals surface area contributed by atoms with Gasteiger partial charge in [-0.05, 0) is 29.8 Å². The van der Waals surface area contributed by atoms with E-state index in [1.807, 2.05) is 0 Å². The van der Waals surface area contributed by atoms with Crippen LogP contribution in [-0.4, -0.2) is 51.6 Å². The van der Waals surface area contributed by atoms with Crippen molar-refractivity contribution < 1.29 is 31.8 Å². The van der Waals surface area contributed by atoms with Gasteiger partial charge in [-0.3, -0.25) is 10.1 Å². The van der Waals surface area contributed by atoms with Crippen LogP contribution in [0.1, 0.15) is 12.5 Å². The number of carbonyl (C=O) groups is 1.